The number of amidine groups is 1. The van der Waals surface area contributed by atoms with Crippen LogP contribution in [0.1, 0.15) is 18.9 Å². The average Bonchev–Trinajstić information content (AvgIpc) is 3.08. The lowest BCUT2D eigenvalue weighted by Gasteiger charge is -2.32. The fourth-order valence-electron chi connectivity index (χ4n) is 2.85. The van der Waals surface area contributed by atoms with E-state index in [0.717, 1.165) is 0 Å². The Morgan fingerprint density at radius 1 is 1.53 bits per heavy atom. The summed E-state index contributed by atoms with van der Waals surface area (Å²) in [5, 5.41) is 9.65. The summed E-state index contributed by atoms with van der Waals surface area (Å²) in [4.78, 5) is 4.41. The van der Waals surface area contributed by atoms with Gasteiger partial charge >= 0.3 is 0 Å². The highest BCUT2D eigenvalue weighted by Crippen LogP contribution is 2.65. The lowest BCUT2D eigenvalue weighted by atomic mass is 9.85. The van der Waals surface area contributed by atoms with Gasteiger partial charge in [-0.3, -0.25) is 4.99 Å². The molecule has 4 nitrogen and oxygen atoms in total. The first kappa shape index (κ1) is 12.3. The molecule has 1 unspecified atom stereocenters. The van der Waals surface area contributed by atoms with Crippen LogP contribution >= 0.6 is 11.8 Å². The zero-order valence-electron chi connectivity index (χ0n) is 10.4. The van der Waals surface area contributed by atoms with E-state index in [9.17, 15) is 9.65 Å². The number of hydrogen-bond acceptors (Lipinski definition) is 5. The van der Waals surface area contributed by atoms with Gasteiger partial charge in [0, 0.05) is 17.2 Å². The Bertz CT molecular complexity index is 638. The van der Waals surface area contributed by atoms with Crippen molar-refractivity contribution < 1.29 is 4.39 Å². The number of benzene rings is 1. The molecule has 98 valence electrons. The van der Waals surface area contributed by atoms with Crippen molar-refractivity contribution in [2.45, 2.75) is 23.6 Å². The normalized spacial score (nSPS) is 36.1. The third-order valence-electron chi connectivity index (χ3n) is 3.94. The Hall–Kier alpha value is -1.74. The van der Waals surface area contributed by atoms with E-state index in [1.165, 1.54) is 23.9 Å². The molecule has 0 spiro atoms. The van der Waals surface area contributed by atoms with Gasteiger partial charge in [0.1, 0.15) is 10.6 Å². The number of aliphatic imine (C=N–C) groups is 1. The maximum atomic E-state index is 14.1. The minimum absolute atomic E-state index is 0.0291. The van der Waals surface area contributed by atoms with Gasteiger partial charge in [-0.1, -0.05) is 11.8 Å². The van der Waals surface area contributed by atoms with Crippen molar-refractivity contribution >= 4 is 22.6 Å². The fourth-order valence-corrected chi connectivity index (χ4v) is 4.13. The highest BCUT2D eigenvalue weighted by molar-refractivity contribution is 8.15. The van der Waals surface area contributed by atoms with Crippen LogP contribution in [0.5, 0.6) is 0 Å². The summed E-state index contributed by atoms with van der Waals surface area (Å²) in [6.07, 6.45) is 0.670. The summed E-state index contributed by atoms with van der Waals surface area (Å²) in [6.45, 7) is 1.82. The van der Waals surface area contributed by atoms with Crippen LogP contribution < -0.4 is 11.5 Å². The van der Waals surface area contributed by atoms with Crippen LogP contribution in [0.15, 0.2) is 23.2 Å². The Morgan fingerprint density at radius 3 is 2.95 bits per heavy atom. The summed E-state index contributed by atoms with van der Waals surface area (Å²) < 4.78 is 13.5. The smallest absolute Gasteiger partial charge is 0.156 e. The van der Waals surface area contributed by atoms with E-state index < -0.39 is 10.3 Å². The molecule has 3 rings (SSSR count). The monoisotopic (exact) mass is 276 g/mol. The van der Waals surface area contributed by atoms with Gasteiger partial charge in [-0.25, -0.2) is 4.39 Å². The molecule has 1 aromatic rings. The van der Waals surface area contributed by atoms with Gasteiger partial charge < -0.3 is 11.5 Å². The van der Waals surface area contributed by atoms with E-state index in [0.29, 0.717) is 22.8 Å². The molecule has 1 aromatic carbocycles. The van der Waals surface area contributed by atoms with Crippen molar-refractivity contribution in [1.29, 1.82) is 5.26 Å². The highest BCUT2D eigenvalue weighted by Gasteiger charge is 2.67. The Morgan fingerprint density at radius 2 is 2.26 bits per heavy atom. The zero-order valence-corrected chi connectivity index (χ0v) is 11.2. The number of nitrogens with two attached hydrogens (primary N) is 2. The van der Waals surface area contributed by atoms with Gasteiger partial charge in [-0.15, -0.1) is 0 Å². The minimum atomic E-state index is -0.815. The summed E-state index contributed by atoms with van der Waals surface area (Å²) in [6, 6.07) is 6.72. The molecule has 3 atom stereocenters. The first-order chi connectivity index (χ1) is 8.91. The number of nitriles is 1. The molecule has 2 aliphatic rings. The van der Waals surface area contributed by atoms with Crippen LogP contribution in [0, 0.1) is 23.1 Å². The molecule has 1 heterocycles. The molecule has 4 N–H and O–H groups in total. The summed E-state index contributed by atoms with van der Waals surface area (Å²) >= 11 is 1.28. The lowest BCUT2D eigenvalue weighted by molar-refractivity contribution is 0.401. The van der Waals surface area contributed by atoms with Crippen molar-refractivity contribution in [3.05, 3.63) is 29.6 Å². The van der Waals surface area contributed by atoms with Crippen LogP contribution in [0.3, 0.4) is 0 Å². The first-order valence-electron chi connectivity index (χ1n) is 5.92. The second kappa shape index (κ2) is 3.64. The van der Waals surface area contributed by atoms with E-state index >= 15 is 0 Å². The molecular weight excluding hydrogens is 263 g/mol. The van der Waals surface area contributed by atoms with Crippen molar-refractivity contribution in [2.75, 3.05) is 5.73 Å². The predicted octanol–water partition coefficient (Wildman–Crippen LogP) is 1.97. The number of anilines is 1. The van der Waals surface area contributed by atoms with Crippen molar-refractivity contribution in [3.8, 4) is 6.07 Å². The number of fused-ring (bicyclic) bond motifs is 1. The zero-order chi connectivity index (χ0) is 13.8. The molecule has 1 aliphatic heterocycles. The molecule has 0 aromatic heterocycles. The van der Waals surface area contributed by atoms with E-state index in [2.05, 4.69) is 11.1 Å². The molecular formula is C13H13FN4S. The van der Waals surface area contributed by atoms with Gasteiger partial charge in [0.05, 0.1) is 11.6 Å². The van der Waals surface area contributed by atoms with Crippen LogP contribution in [0.2, 0.25) is 0 Å². The van der Waals surface area contributed by atoms with Crippen molar-refractivity contribution in [3.63, 3.8) is 0 Å². The van der Waals surface area contributed by atoms with E-state index in [1.807, 2.05) is 6.92 Å². The number of thioether (sulfide) groups is 1. The Balaban J connectivity index is 2.16. The van der Waals surface area contributed by atoms with Crippen LogP contribution in [-0.4, -0.2) is 9.91 Å². The van der Waals surface area contributed by atoms with Gasteiger partial charge in [-0.2, -0.15) is 5.26 Å². The third-order valence-corrected chi connectivity index (χ3v) is 5.15. The van der Waals surface area contributed by atoms with Crippen molar-refractivity contribution in [1.82, 2.24) is 0 Å². The lowest BCUT2D eigenvalue weighted by Crippen LogP contribution is -2.35. The number of nitrogen functional groups attached to an aromatic ring is 1. The standard InChI is InChI=1S/C13H13FN4S/c1-12(8-4-7(16)2-3-9(8)14)10-5-13(10,6-15)19-11(17)18-12/h2-4,10H,5,16H2,1H3,(H2,17,18)/t10?,12-,13-/m1/s1. The molecule has 0 saturated heterocycles. The molecule has 1 aliphatic carbocycles. The Labute approximate surface area is 114 Å². The van der Waals surface area contributed by atoms with E-state index in [-0.39, 0.29) is 11.7 Å². The van der Waals surface area contributed by atoms with Gasteiger partial charge in [0.15, 0.2) is 5.17 Å². The van der Waals surface area contributed by atoms with Crippen LogP contribution in [0.4, 0.5) is 10.1 Å². The number of halogens is 1. The van der Waals surface area contributed by atoms with Gasteiger partial charge in [0.25, 0.3) is 0 Å². The second-order valence-electron chi connectivity index (χ2n) is 5.20. The first-order valence-corrected chi connectivity index (χ1v) is 6.74. The molecule has 1 fully saturated rings. The molecule has 19 heavy (non-hydrogen) atoms. The average molecular weight is 276 g/mol. The SMILES string of the molecule is C[C@]1(c2cc(N)ccc2F)N=C(N)S[C@@]2(C#N)CC21. The maximum absolute atomic E-state index is 14.1. The largest absolute Gasteiger partial charge is 0.399 e. The third kappa shape index (κ3) is 1.61. The summed E-state index contributed by atoms with van der Waals surface area (Å²) in [5.74, 6) is -0.391. The highest BCUT2D eigenvalue weighted by atomic mass is 32.2. The quantitative estimate of drug-likeness (QED) is 0.767. The predicted molar refractivity (Wildman–Crippen MR) is 73.8 cm³/mol. The van der Waals surface area contributed by atoms with Crippen LogP contribution in [0.25, 0.3) is 0 Å². The Kier molecular flexibility index (Phi) is 2.36. The topological polar surface area (TPSA) is 88.2 Å². The maximum Gasteiger partial charge on any atom is 0.156 e. The van der Waals surface area contributed by atoms with Gasteiger partial charge in [0.2, 0.25) is 0 Å². The van der Waals surface area contributed by atoms with Crippen LogP contribution in [-0.2, 0) is 5.54 Å². The number of hydrogen-bond donors (Lipinski definition) is 2. The summed E-state index contributed by atoms with van der Waals surface area (Å²) in [5.41, 5.74) is 11.6. The molecule has 1 saturated carbocycles. The molecule has 6 heteroatoms. The summed E-state index contributed by atoms with van der Waals surface area (Å²) in [7, 11) is 0. The second-order valence-corrected chi connectivity index (χ2v) is 6.55. The number of rotatable bonds is 1. The van der Waals surface area contributed by atoms with Crippen molar-refractivity contribution in [2.24, 2.45) is 16.6 Å². The van der Waals surface area contributed by atoms with Gasteiger partial charge in [-0.05, 0) is 31.5 Å². The molecule has 0 bridgehead atoms. The fraction of sp³-hybridized carbons (Fsp3) is 0.385. The van der Waals surface area contributed by atoms with E-state index in [1.54, 1.807) is 6.07 Å². The van der Waals surface area contributed by atoms with E-state index in [4.69, 9.17) is 11.5 Å². The molecule has 0 amide bonds. The number of nitrogens with zero attached hydrogens (tertiary/aromatic N) is 2. The minimum Gasteiger partial charge on any atom is -0.399 e. The molecule has 0 radical (unpaired) electrons.